The summed E-state index contributed by atoms with van der Waals surface area (Å²) in [6.07, 6.45) is -3.17. The van der Waals surface area contributed by atoms with E-state index in [1.807, 2.05) is 23.9 Å². The van der Waals surface area contributed by atoms with Crippen molar-refractivity contribution < 1.29 is 46.6 Å². The molecule has 12 nitrogen and oxygen atoms in total. The highest BCUT2D eigenvalue weighted by molar-refractivity contribution is 7.98. The number of carbonyl (C=O) groups is 4. The van der Waals surface area contributed by atoms with Gasteiger partial charge in [-0.25, -0.2) is 4.79 Å². The molecule has 3 amide bonds. The molecule has 3 aliphatic rings. The molecule has 0 unspecified atom stereocenters. The third kappa shape index (κ3) is 10.4. The second-order valence-corrected chi connectivity index (χ2v) is 11.9. The third-order valence-corrected chi connectivity index (χ3v) is 8.70. The maximum Gasteiger partial charge on any atom is 0.511 e. The number of carbonyl (C=O) groups excluding carboxylic acids is 4. The molecule has 0 saturated carbocycles. The summed E-state index contributed by atoms with van der Waals surface area (Å²) in [6.45, 7) is 0.304. The Morgan fingerprint density at radius 2 is 1.67 bits per heavy atom. The molecule has 0 bridgehead atoms. The molecule has 49 heavy (non-hydrogen) atoms. The molecule has 2 N–H and O–H groups in total. The van der Waals surface area contributed by atoms with Gasteiger partial charge in [-0.2, -0.15) is 13.2 Å². The first kappa shape index (κ1) is 37.1. The number of hydrogen-bond acceptors (Lipinski definition) is 10. The van der Waals surface area contributed by atoms with E-state index in [4.69, 9.17) is 21.1 Å². The summed E-state index contributed by atoms with van der Waals surface area (Å²) in [5, 5.41) is 3.38. The van der Waals surface area contributed by atoms with Crippen LogP contribution in [0.2, 0.25) is 5.02 Å². The van der Waals surface area contributed by atoms with Crippen molar-refractivity contribution in [3.05, 3.63) is 92.4 Å². The molecule has 0 atom stereocenters. The minimum Gasteiger partial charge on any atom is -0.451 e. The monoisotopic (exact) mass is 724 g/mol. The van der Waals surface area contributed by atoms with Gasteiger partial charge in [-0.15, -0.1) is 11.8 Å². The van der Waals surface area contributed by atoms with Crippen LogP contribution >= 0.6 is 23.4 Å². The second-order valence-electron chi connectivity index (χ2n) is 10.4. The molecular weight excluding hydrogens is 693 g/mol. The van der Waals surface area contributed by atoms with Crippen LogP contribution in [-0.2, 0) is 31.2 Å². The van der Waals surface area contributed by atoms with E-state index >= 15 is 0 Å². The second kappa shape index (κ2) is 17.1. The first-order valence-electron chi connectivity index (χ1n) is 14.9. The highest BCUT2D eigenvalue weighted by Crippen LogP contribution is 2.36. The molecule has 1 aromatic heterocycles. The molecule has 0 aliphatic carbocycles. The number of aromatic nitrogens is 1. The van der Waals surface area contributed by atoms with Crippen LogP contribution in [0.5, 0.6) is 5.75 Å². The molecule has 4 heterocycles. The highest BCUT2D eigenvalue weighted by atomic mass is 35.5. The van der Waals surface area contributed by atoms with Gasteiger partial charge in [0.1, 0.15) is 13.3 Å². The average molecular weight is 725 g/mol. The Morgan fingerprint density at radius 3 is 2.39 bits per heavy atom. The van der Waals surface area contributed by atoms with Gasteiger partial charge in [-0.1, -0.05) is 48.9 Å². The van der Waals surface area contributed by atoms with Crippen molar-refractivity contribution in [2.45, 2.75) is 49.4 Å². The lowest BCUT2D eigenvalue weighted by atomic mass is 10.0. The summed E-state index contributed by atoms with van der Waals surface area (Å²) in [4.78, 5) is 60.5. The fourth-order valence-corrected chi connectivity index (χ4v) is 5.98. The molecule has 2 aromatic carbocycles. The minimum atomic E-state index is -3.96. The number of ether oxygens (including phenoxy) is 3. The standard InChI is InChI=1S/C15H16N4O8.C14H11ClS.C3H5F3/c20-9-3-4-19-12(14(23)16-7-17-19)13(9)26-8-27-15(24)25-6-5-18-10(21)1-2-11(18)22;15-13-6-3-5-11-9-16-14-7-2-1-4-10(14)8-12(11)13;1-2-3(4,5)6/h3-4,17H,1-2,5-8H2,(H,16,23);1-7H,8-9H2;2H2,1H3. The van der Waals surface area contributed by atoms with Gasteiger partial charge in [-0.05, 0) is 28.8 Å². The summed E-state index contributed by atoms with van der Waals surface area (Å²) < 4.78 is 48.2. The number of likely N-dealkylation sites (tertiary alicyclic amines) is 1. The summed E-state index contributed by atoms with van der Waals surface area (Å²) in [5.41, 5.74) is 6.22. The van der Waals surface area contributed by atoms with Crippen LogP contribution in [0.1, 0.15) is 53.4 Å². The lowest BCUT2D eigenvalue weighted by Crippen LogP contribution is -2.43. The first-order chi connectivity index (χ1) is 23.4. The van der Waals surface area contributed by atoms with E-state index in [2.05, 4.69) is 45.8 Å². The van der Waals surface area contributed by atoms with Gasteiger partial charge in [0.2, 0.25) is 29.8 Å². The molecule has 0 spiro atoms. The number of nitrogens with one attached hydrogen (secondary N) is 2. The van der Waals surface area contributed by atoms with E-state index in [9.17, 15) is 37.1 Å². The molecule has 1 fully saturated rings. The lowest BCUT2D eigenvalue weighted by molar-refractivity contribution is -0.139. The first-order valence-corrected chi connectivity index (χ1v) is 16.3. The van der Waals surface area contributed by atoms with E-state index < -0.39 is 36.9 Å². The topological polar surface area (TPSA) is 145 Å². The van der Waals surface area contributed by atoms with Gasteiger partial charge >= 0.3 is 12.3 Å². The molecule has 6 rings (SSSR count). The largest absolute Gasteiger partial charge is 0.511 e. The highest BCUT2D eigenvalue weighted by Gasteiger charge is 2.29. The van der Waals surface area contributed by atoms with Crippen LogP contribution < -0.4 is 20.9 Å². The number of fused-ring (bicyclic) bond motifs is 3. The average Bonchev–Trinajstić information content (AvgIpc) is 3.26. The number of rotatable bonds is 6. The van der Waals surface area contributed by atoms with E-state index in [1.54, 1.807) is 0 Å². The van der Waals surface area contributed by atoms with Gasteiger partial charge < -0.3 is 25.0 Å². The van der Waals surface area contributed by atoms with E-state index in [0.29, 0.717) is 0 Å². The van der Waals surface area contributed by atoms with Crippen molar-refractivity contribution in [1.82, 2.24) is 14.9 Å². The number of imide groups is 1. The summed E-state index contributed by atoms with van der Waals surface area (Å²) in [5.74, 6) is -0.428. The Labute approximate surface area is 287 Å². The normalized spacial score (nSPS) is 14.6. The van der Waals surface area contributed by atoms with Gasteiger partial charge in [0.15, 0.2) is 5.69 Å². The van der Waals surface area contributed by atoms with E-state index in [-0.39, 0.29) is 55.9 Å². The van der Waals surface area contributed by atoms with Crippen molar-refractivity contribution in [1.29, 1.82) is 0 Å². The van der Waals surface area contributed by atoms with Crippen molar-refractivity contribution in [2.75, 3.05) is 32.0 Å². The third-order valence-electron chi connectivity index (χ3n) is 7.18. The Bertz CT molecular complexity index is 1740. The maximum atomic E-state index is 11.9. The Kier molecular flexibility index (Phi) is 13.0. The summed E-state index contributed by atoms with van der Waals surface area (Å²) >= 11 is 8.17. The number of thioether (sulfide) groups is 1. The number of alkyl halides is 3. The van der Waals surface area contributed by atoms with E-state index in [1.165, 1.54) is 38.5 Å². The number of nitrogens with zero attached hydrogens (tertiary/aromatic N) is 2. The minimum absolute atomic E-state index is 0.0585. The zero-order valence-corrected chi connectivity index (χ0v) is 27.7. The predicted molar refractivity (Wildman–Crippen MR) is 173 cm³/mol. The smallest absolute Gasteiger partial charge is 0.451 e. The van der Waals surface area contributed by atoms with Crippen LogP contribution in [0.3, 0.4) is 0 Å². The Balaban J connectivity index is 0.000000206. The Hall–Kier alpha value is -4.70. The van der Waals surface area contributed by atoms with Crippen molar-refractivity contribution in [3.8, 4) is 5.75 Å². The van der Waals surface area contributed by atoms with Crippen LogP contribution in [0, 0.1) is 0 Å². The summed E-state index contributed by atoms with van der Waals surface area (Å²) in [6, 6.07) is 16.0. The van der Waals surface area contributed by atoms with Gasteiger partial charge in [-0.3, -0.25) is 28.8 Å². The van der Waals surface area contributed by atoms with Crippen LogP contribution in [0.4, 0.5) is 18.0 Å². The lowest BCUT2D eigenvalue weighted by Gasteiger charge is -2.22. The Morgan fingerprint density at radius 1 is 0.980 bits per heavy atom. The molecule has 17 heteroatoms. The molecule has 3 aliphatic heterocycles. The van der Waals surface area contributed by atoms with Crippen LogP contribution in [0.25, 0.3) is 0 Å². The van der Waals surface area contributed by atoms with Crippen LogP contribution in [0.15, 0.2) is 64.4 Å². The molecule has 3 aromatic rings. The zero-order chi connectivity index (χ0) is 35.6. The number of benzene rings is 2. The number of halogens is 4. The van der Waals surface area contributed by atoms with E-state index in [0.717, 1.165) is 29.0 Å². The maximum absolute atomic E-state index is 11.9. The van der Waals surface area contributed by atoms with Gasteiger partial charge in [0, 0.05) is 53.6 Å². The number of amides is 3. The van der Waals surface area contributed by atoms with Crippen molar-refractivity contribution in [2.24, 2.45) is 0 Å². The molecule has 0 radical (unpaired) electrons. The fourth-order valence-electron chi connectivity index (χ4n) is 4.63. The summed E-state index contributed by atoms with van der Waals surface area (Å²) in [7, 11) is 0. The van der Waals surface area contributed by atoms with Crippen LogP contribution in [-0.4, -0.2) is 66.2 Å². The van der Waals surface area contributed by atoms with Crippen molar-refractivity contribution in [3.63, 3.8) is 0 Å². The van der Waals surface area contributed by atoms with Gasteiger partial charge in [0.05, 0.1) is 6.54 Å². The SMILES string of the molecule is CCC(F)(F)F.Clc1cccc2c1Cc1ccccc1SC2.O=C(OCCN1C(=O)CCC1=O)OCOc1c2n(ccc1=O)NCNC2=O. The molecular formula is C32H32ClF3N4O8S. The number of pyridine rings is 1. The zero-order valence-electron chi connectivity index (χ0n) is 26.1. The molecule has 262 valence electrons. The fraction of sp³-hybridized carbons (Fsp3) is 0.344. The predicted octanol–water partition coefficient (Wildman–Crippen LogP) is 5.23. The number of hydrogen-bond donors (Lipinski definition) is 2. The van der Waals surface area contributed by atoms with Gasteiger partial charge in [0.25, 0.3) is 5.91 Å². The van der Waals surface area contributed by atoms with Crippen molar-refractivity contribution >= 4 is 47.2 Å². The quantitative estimate of drug-likeness (QED) is 0.197. The molecule has 1 saturated heterocycles.